The minimum Gasteiger partial charge on any atom is -0.383 e. The summed E-state index contributed by atoms with van der Waals surface area (Å²) >= 11 is 0. The van der Waals surface area contributed by atoms with Gasteiger partial charge in [0.2, 0.25) is 11.6 Å². The fraction of sp³-hybridized carbons (Fsp3) is 0.226. The average Bonchev–Trinajstić information content (AvgIpc) is 3.72. The molecule has 6 aromatic rings. The van der Waals surface area contributed by atoms with E-state index in [0.29, 0.717) is 50.4 Å². The van der Waals surface area contributed by atoms with Crippen LogP contribution >= 0.6 is 0 Å². The maximum atomic E-state index is 9.68. The topological polar surface area (TPSA) is 206 Å². The molecule has 0 atom stereocenters. The van der Waals surface area contributed by atoms with Gasteiger partial charge in [0, 0.05) is 43.8 Å². The third kappa shape index (κ3) is 6.22. The molecule has 5 N–H and O–H groups in total. The van der Waals surface area contributed by atoms with Crippen LogP contribution in [0, 0.1) is 11.3 Å². The molecule has 6 heterocycles. The Morgan fingerprint density at radius 1 is 0.979 bits per heavy atom. The second-order valence-electron chi connectivity index (χ2n) is 11.2. The Kier molecular flexibility index (Phi) is 7.78. The van der Waals surface area contributed by atoms with Gasteiger partial charge in [-0.2, -0.15) is 10.4 Å². The van der Waals surface area contributed by atoms with Crippen LogP contribution in [0.3, 0.4) is 0 Å². The molecular formula is C31H28BN13O2. The summed E-state index contributed by atoms with van der Waals surface area (Å²) in [6.07, 6.45) is 6.46. The summed E-state index contributed by atoms with van der Waals surface area (Å²) in [6.45, 7) is 2.63. The largest absolute Gasteiger partial charge is 0.383 e. The fourth-order valence-electron chi connectivity index (χ4n) is 5.62. The number of fused-ring (bicyclic) bond motifs is 1. The van der Waals surface area contributed by atoms with E-state index in [9.17, 15) is 10.2 Å². The van der Waals surface area contributed by atoms with Crippen molar-refractivity contribution in [1.29, 1.82) is 5.26 Å². The van der Waals surface area contributed by atoms with Crippen molar-refractivity contribution in [2.24, 2.45) is 0 Å². The Balaban J connectivity index is 1.14. The van der Waals surface area contributed by atoms with Gasteiger partial charge in [-0.3, -0.25) is 9.47 Å². The highest BCUT2D eigenvalue weighted by Crippen LogP contribution is 2.32. The molecular weight excluding hydrogens is 597 g/mol. The number of aliphatic hydroxyl groups is 2. The van der Waals surface area contributed by atoms with Gasteiger partial charge in [-0.1, -0.05) is 12.1 Å². The Hall–Kier alpha value is -5.76. The summed E-state index contributed by atoms with van der Waals surface area (Å²) in [6, 6.07) is 19.4. The molecule has 232 valence electrons. The number of aromatic nitrogens is 9. The number of pyridine rings is 2. The first-order valence-electron chi connectivity index (χ1n) is 14.8. The molecule has 15 nitrogen and oxygen atoms in total. The van der Waals surface area contributed by atoms with E-state index in [1.165, 1.54) is 6.20 Å². The van der Waals surface area contributed by atoms with E-state index in [-0.39, 0.29) is 11.9 Å². The van der Waals surface area contributed by atoms with Crippen molar-refractivity contribution in [3.8, 4) is 34.5 Å². The third-order valence-electron chi connectivity index (χ3n) is 7.93. The van der Waals surface area contributed by atoms with Crippen molar-refractivity contribution in [2.45, 2.75) is 31.2 Å². The number of piperidine rings is 1. The van der Waals surface area contributed by atoms with E-state index in [1.54, 1.807) is 36.7 Å². The Morgan fingerprint density at radius 2 is 1.79 bits per heavy atom. The molecule has 1 aliphatic heterocycles. The molecule has 0 bridgehead atoms. The first-order valence-corrected chi connectivity index (χ1v) is 14.8. The maximum Gasteiger partial charge on any atom is 0.234 e. The van der Waals surface area contributed by atoms with Gasteiger partial charge in [-0.15, -0.1) is 9.90 Å². The van der Waals surface area contributed by atoms with Gasteiger partial charge in [-0.25, -0.2) is 24.9 Å². The fourth-order valence-corrected chi connectivity index (χ4v) is 5.62. The minimum absolute atomic E-state index is 0.157. The summed E-state index contributed by atoms with van der Waals surface area (Å²) in [4.78, 5) is 25.1. The number of benzene rings is 1. The summed E-state index contributed by atoms with van der Waals surface area (Å²) in [7, 11) is 5.31. The van der Waals surface area contributed by atoms with E-state index in [0.717, 1.165) is 43.7 Å². The van der Waals surface area contributed by atoms with E-state index in [2.05, 4.69) is 47.5 Å². The number of imidazole rings is 1. The lowest BCUT2D eigenvalue weighted by molar-refractivity contribution is -0.169. The molecule has 0 saturated carbocycles. The van der Waals surface area contributed by atoms with Gasteiger partial charge in [0.25, 0.3) is 0 Å². The summed E-state index contributed by atoms with van der Waals surface area (Å²) < 4.78 is 1.91. The molecule has 16 heteroatoms. The standard InChI is InChI=1S/C31H28BN13O2/c32-31(46,47)45-37-17-25(42-45)23-7-8-24-30(39-23)44(29(40-24)22-2-1-12-36-28(22)34)21-5-3-19(4-6-21)18-43-14-10-20(11-15-43)38-26-9-13-35-27(16-33)41-26/h1-9,12-13,17,20,46-47H,10-11,14-15,18H2,(H2,34,36)(H,35,38,41). The van der Waals surface area contributed by atoms with Crippen molar-refractivity contribution < 1.29 is 10.2 Å². The van der Waals surface area contributed by atoms with Crippen LogP contribution in [0.4, 0.5) is 11.6 Å². The van der Waals surface area contributed by atoms with E-state index in [4.69, 9.17) is 28.8 Å². The summed E-state index contributed by atoms with van der Waals surface area (Å²) in [5.74, 6) is -1.02. The molecule has 0 unspecified atom stereocenters. The lowest BCUT2D eigenvalue weighted by atomic mass is 10.0. The third-order valence-corrected chi connectivity index (χ3v) is 7.93. The van der Waals surface area contributed by atoms with Crippen molar-refractivity contribution in [3.63, 3.8) is 0 Å². The van der Waals surface area contributed by atoms with Crippen LogP contribution < -0.4 is 11.1 Å². The quantitative estimate of drug-likeness (QED) is 0.141. The molecule has 2 radical (unpaired) electrons. The van der Waals surface area contributed by atoms with Gasteiger partial charge >= 0.3 is 0 Å². The molecule has 1 aliphatic rings. The highest BCUT2D eigenvalue weighted by Gasteiger charge is 2.23. The van der Waals surface area contributed by atoms with Gasteiger partial charge in [-0.05, 0) is 60.9 Å². The zero-order chi connectivity index (χ0) is 32.5. The number of nitrogens with zero attached hydrogens (tertiary/aromatic N) is 11. The lowest BCUT2D eigenvalue weighted by Crippen LogP contribution is -2.38. The second kappa shape index (κ2) is 12.2. The number of likely N-dealkylation sites (tertiary alicyclic amines) is 1. The van der Waals surface area contributed by atoms with Crippen LogP contribution in [0.5, 0.6) is 0 Å². The van der Waals surface area contributed by atoms with Crippen LogP contribution in [-0.2, 0) is 12.4 Å². The number of hydrogen-bond acceptors (Lipinski definition) is 13. The Morgan fingerprint density at radius 3 is 2.51 bits per heavy atom. The van der Waals surface area contributed by atoms with Crippen LogP contribution in [0.25, 0.3) is 39.6 Å². The smallest absolute Gasteiger partial charge is 0.234 e. The monoisotopic (exact) mass is 625 g/mol. The van der Waals surface area contributed by atoms with Gasteiger partial charge in [0.05, 0.1) is 17.5 Å². The SMILES string of the molecule is [B]C(O)(O)n1ncc(-c2ccc3nc(-c4cccnc4N)n(-c4ccc(CN5CCC(Nc6ccnc(C#N)n6)CC5)cc4)c3n2)n1. The van der Waals surface area contributed by atoms with Crippen LogP contribution in [0.2, 0.25) is 0 Å². The highest BCUT2D eigenvalue weighted by atomic mass is 16.5. The normalized spacial score (nSPS) is 14.3. The molecule has 0 amide bonds. The predicted molar refractivity (Wildman–Crippen MR) is 172 cm³/mol. The lowest BCUT2D eigenvalue weighted by Gasteiger charge is -2.32. The number of hydrogen-bond donors (Lipinski definition) is 4. The molecule has 0 spiro atoms. The van der Waals surface area contributed by atoms with Crippen molar-refractivity contribution in [2.75, 3.05) is 24.1 Å². The molecule has 47 heavy (non-hydrogen) atoms. The molecule has 5 aromatic heterocycles. The van der Waals surface area contributed by atoms with E-state index in [1.807, 2.05) is 28.8 Å². The number of nitriles is 1. The number of nitrogens with two attached hydrogens (primary N) is 1. The van der Waals surface area contributed by atoms with E-state index < -0.39 is 5.81 Å². The van der Waals surface area contributed by atoms with Crippen LogP contribution in [-0.4, -0.2) is 86.6 Å². The molecule has 0 aliphatic carbocycles. The highest BCUT2D eigenvalue weighted by molar-refractivity contribution is 6.10. The molecule has 1 saturated heterocycles. The van der Waals surface area contributed by atoms with Crippen molar-refractivity contribution in [1.82, 2.24) is 49.4 Å². The summed E-state index contributed by atoms with van der Waals surface area (Å²) in [5, 5.41) is 39.8. The molecule has 7 rings (SSSR count). The van der Waals surface area contributed by atoms with Crippen LogP contribution in [0.15, 0.2) is 73.2 Å². The predicted octanol–water partition coefficient (Wildman–Crippen LogP) is 1.78. The zero-order valence-corrected chi connectivity index (χ0v) is 25.0. The first kappa shape index (κ1) is 29.9. The second-order valence-corrected chi connectivity index (χ2v) is 11.2. The van der Waals surface area contributed by atoms with Gasteiger partial charge < -0.3 is 21.3 Å². The first-order chi connectivity index (χ1) is 22.7. The zero-order valence-electron chi connectivity index (χ0n) is 25.0. The Labute approximate surface area is 269 Å². The van der Waals surface area contributed by atoms with Crippen molar-refractivity contribution >= 4 is 30.6 Å². The van der Waals surface area contributed by atoms with Gasteiger partial charge in [0.15, 0.2) is 19.3 Å². The maximum absolute atomic E-state index is 9.68. The average molecular weight is 625 g/mol. The number of anilines is 2. The van der Waals surface area contributed by atoms with Gasteiger partial charge in [0.1, 0.15) is 28.9 Å². The summed E-state index contributed by atoms with van der Waals surface area (Å²) in [5.41, 5.74) is 10.8. The number of nitrogen functional groups attached to an aromatic ring is 1. The van der Waals surface area contributed by atoms with Crippen molar-refractivity contribution in [3.05, 3.63) is 84.6 Å². The number of rotatable bonds is 8. The number of nitrogens with one attached hydrogen (secondary N) is 1. The molecule has 1 fully saturated rings. The molecule has 1 aromatic carbocycles. The Bertz CT molecular complexity index is 2090. The van der Waals surface area contributed by atoms with Crippen LogP contribution in [0.1, 0.15) is 24.2 Å². The van der Waals surface area contributed by atoms with E-state index >= 15 is 0 Å². The minimum atomic E-state index is -2.75.